The van der Waals surface area contributed by atoms with Crippen LogP contribution in [0.5, 0.6) is 0 Å². The molecule has 0 aliphatic rings. The highest BCUT2D eigenvalue weighted by atomic mass is 32.1. The molecular formula is C12H13N3O2S. The van der Waals surface area contributed by atoms with E-state index in [4.69, 9.17) is 5.11 Å². The van der Waals surface area contributed by atoms with Crippen LogP contribution in [0.15, 0.2) is 23.7 Å². The number of aryl methyl sites for hydroxylation is 1. The highest BCUT2D eigenvalue weighted by Gasteiger charge is 2.08. The zero-order chi connectivity index (χ0) is 13.0. The van der Waals surface area contributed by atoms with E-state index in [1.165, 1.54) is 0 Å². The predicted molar refractivity (Wildman–Crippen MR) is 68.6 cm³/mol. The second kappa shape index (κ2) is 5.70. The van der Waals surface area contributed by atoms with Gasteiger partial charge in [0.1, 0.15) is 0 Å². The molecule has 0 saturated heterocycles. The minimum atomic E-state index is -0.978. The summed E-state index contributed by atoms with van der Waals surface area (Å²) in [5.74, 6) is -0.978. The maximum atomic E-state index is 10.7. The van der Waals surface area contributed by atoms with Crippen LogP contribution in [0.3, 0.4) is 0 Å². The van der Waals surface area contributed by atoms with E-state index < -0.39 is 5.97 Å². The van der Waals surface area contributed by atoms with Crippen LogP contribution in [0.25, 0.3) is 0 Å². The van der Waals surface area contributed by atoms with Crippen LogP contribution in [-0.4, -0.2) is 21.0 Å². The molecule has 0 bridgehead atoms. The Morgan fingerprint density at radius 2 is 2.28 bits per heavy atom. The zero-order valence-electron chi connectivity index (χ0n) is 9.88. The number of carboxylic acid groups (broad SMARTS) is 1. The van der Waals surface area contributed by atoms with Crippen molar-refractivity contribution in [1.29, 1.82) is 0 Å². The molecule has 6 heteroatoms. The summed E-state index contributed by atoms with van der Waals surface area (Å²) in [4.78, 5) is 18.9. The van der Waals surface area contributed by atoms with Crippen molar-refractivity contribution in [3.8, 4) is 0 Å². The molecule has 5 nitrogen and oxygen atoms in total. The molecule has 94 valence electrons. The van der Waals surface area contributed by atoms with Crippen molar-refractivity contribution < 1.29 is 9.90 Å². The third-order valence-electron chi connectivity index (χ3n) is 2.34. The van der Waals surface area contributed by atoms with Gasteiger partial charge in [-0.1, -0.05) is 6.07 Å². The molecule has 18 heavy (non-hydrogen) atoms. The number of nitrogens with zero attached hydrogens (tertiary/aromatic N) is 2. The van der Waals surface area contributed by atoms with Crippen LogP contribution in [0.1, 0.15) is 26.8 Å². The standard InChI is InChI=1S/C12H13N3O2S/c1-8-2-3-9(5-14-8)4-13-6-10-7-18-11(15-10)12(16)17/h2-3,5,7,13H,4,6H2,1H3,(H,16,17). The van der Waals surface area contributed by atoms with Gasteiger partial charge in [-0.3, -0.25) is 4.98 Å². The summed E-state index contributed by atoms with van der Waals surface area (Å²) >= 11 is 1.14. The van der Waals surface area contributed by atoms with E-state index in [0.717, 1.165) is 28.3 Å². The first kappa shape index (κ1) is 12.7. The summed E-state index contributed by atoms with van der Waals surface area (Å²) in [5.41, 5.74) is 2.83. The fraction of sp³-hybridized carbons (Fsp3) is 0.250. The first-order chi connectivity index (χ1) is 8.65. The monoisotopic (exact) mass is 263 g/mol. The average Bonchev–Trinajstić information content (AvgIpc) is 2.81. The van der Waals surface area contributed by atoms with Gasteiger partial charge in [-0.2, -0.15) is 0 Å². The lowest BCUT2D eigenvalue weighted by atomic mass is 10.2. The summed E-state index contributed by atoms with van der Waals surface area (Å²) in [6.07, 6.45) is 1.83. The predicted octanol–water partition coefficient (Wildman–Crippen LogP) is 1.83. The van der Waals surface area contributed by atoms with Crippen LogP contribution < -0.4 is 5.32 Å². The Morgan fingerprint density at radius 3 is 2.89 bits per heavy atom. The number of aromatic carboxylic acids is 1. The topological polar surface area (TPSA) is 75.1 Å². The van der Waals surface area contributed by atoms with Gasteiger partial charge < -0.3 is 10.4 Å². The number of hydrogen-bond acceptors (Lipinski definition) is 5. The Kier molecular flexibility index (Phi) is 4.01. The number of carboxylic acids is 1. The van der Waals surface area contributed by atoms with Crippen LogP contribution in [0.2, 0.25) is 0 Å². The molecule has 0 spiro atoms. The highest BCUT2D eigenvalue weighted by molar-refractivity contribution is 7.11. The second-order valence-corrected chi connectivity index (χ2v) is 4.72. The number of thiazole rings is 1. The molecule has 0 aliphatic heterocycles. The van der Waals surface area contributed by atoms with Gasteiger partial charge in [-0.05, 0) is 18.6 Å². The third-order valence-corrected chi connectivity index (χ3v) is 3.22. The van der Waals surface area contributed by atoms with Gasteiger partial charge >= 0.3 is 5.97 Å². The molecule has 0 unspecified atom stereocenters. The molecule has 2 N–H and O–H groups in total. The highest BCUT2D eigenvalue weighted by Crippen LogP contribution is 2.09. The number of pyridine rings is 1. The van der Waals surface area contributed by atoms with Crippen molar-refractivity contribution in [3.63, 3.8) is 0 Å². The van der Waals surface area contributed by atoms with Crippen LogP contribution in [0.4, 0.5) is 0 Å². The van der Waals surface area contributed by atoms with E-state index >= 15 is 0 Å². The quantitative estimate of drug-likeness (QED) is 0.860. The van der Waals surface area contributed by atoms with E-state index in [9.17, 15) is 4.79 Å². The summed E-state index contributed by atoms with van der Waals surface area (Å²) in [6, 6.07) is 3.97. The molecule has 0 radical (unpaired) electrons. The number of hydrogen-bond donors (Lipinski definition) is 2. The van der Waals surface area contributed by atoms with Gasteiger partial charge in [0.15, 0.2) is 0 Å². The largest absolute Gasteiger partial charge is 0.476 e. The number of aromatic nitrogens is 2. The minimum Gasteiger partial charge on any atom is -0.476 e. The molecule has 0 saturated carbocycles. The Balaban J connectivity index is 1.84. The smallest absolute Gasteiger partial charge is 0.365 e. The average molecular weight is 263 g/mol. The summed E-state index contributed by atoms with van der Waals surface area (Å²) in [7, 11) is 0. The second-order valence-electron chi connectivity index (χ2n) is 3.86. The summed E-state index contributed by atoms with van der Waals surface area (Å²) in [6.45, 7) is 3.19. The van der Waals surface area contributed by atoms with Gasteiger partial charge in [0.25, 0.3) is 0 Å². The number of nitrogens with one attached hydrogen (secondary N) is 1. The number of rotatable bonds is 5. The van der Waals surface area contributed by atoms with E-state index in [1.807, 2.05) is 25.3 Å². The summed E-state index contributed by atoms with van der Waals surface area (Å²) in [5, 5.41) is 13.8. The maximum absolute atomic E-state index is 10.7. The molecule has 2 aromatic heterocycles. The van der Waals surface area contributed by atoms with E-state index in [2.05, 4.69) is 15.3 Å². The minimum absolute atomic E-state index is 0.129. The Bertz CT molecular complexity index is 537. The molecule has 0 aliphatic carbocycles. The third kappa shape index (κ3) is 3.35. The van der Waals surface area contributed by atoms with Crippen molar-refractivity contribution in [2.75, 3.05) is 0 Å². The van der Waals surface area contributed by atoms with E-state index in [-0.39, 0.29) is 5.01 Å². The molecule has 2 aromatic rings. The van der Waals surface area contributed by atoms with Crippen molar-refractivity contribution >= 4 is 17.3 Å². The molecule has 0 amide bonds. The normalized spacial score (nSPS) is 10.5. The lowest BCUT2D eigenvalue weighted by molar-refractivity contribution is 0.0696. The van der Waals surface area contributed by atoms with Crippen molar-refractivity contribution in [1.82, 2.24) is 15.3 Å². The van der Waals surface area contributed by atoms with Crippen LogP contribution >= 0.6 is 11.3 Å². The van der Waals surface area contributed by atoms with Crippen molar-refractivity contribution in [2.45, 2.75) is 20.0 Å². The Labute approximate surface area is 109 Å². The van der Waals surface area contributed by atoms with Crippen molar-refractivity contribution in [3.05, 3.63) is 45.7 Å². The van der Waals surface area contributed by atoms with Gasteiger partial charge in [-0.25, -0.2) is 9.78 Å². The van der Waals surface area contributed by atoms with Crippen LogP contribution in [0, 0.1) is 6.92 Å². The fourth-order valence-corrected chi connectivity index (χ4v) is 2.08. The lowest BCUT2D eigenvalue weighted by Gasteiger charge is -2.02. The Hall–Kier alpha value is -1.79. The lowest BCUT2D eigenvalue weighted by Crippen LogP contribution is -2.13. The molecule has 2 rings (SSSR count). The van der Waals surface area contributed by atoms with E-state index in [1.54, 1.807) is 5.38 Å². The molecular weight excluding hydrogens is 250 g/mol. The van der Waals surface area contributed by atoms with Crippen molar-refractivity contribution in [2.24, 2.45) is 0 Å². The van der Waals surface area contributed by atoms with Gasteiger partial charge in [-0.15, -0.1) is 11.3 Å². The van der Waals surface area contributed by atoms with Crippen LogP contribution in [-0.2, 0) is 13.1 Å². The summed E-state index contributed by atoms with van der Waals surface area (Å²) < 4.78 is 0. The first-order valence-electron chi connectivity index (χ1n) is 5.45. The zero-order valence-corrected chi connectivity index (χ0v) is 10.7. The molecule has 2 heterocycles. The van der Waals surface area contributed by atoms with Gasteiger partial charge in [0.2, 0.25) is 5.01 Å². The molecule has 0 aromatic carbocycles. The van der Waals surface area contributed by atoms with E-state index in [0.29, 0.717) is 13.1 Å². The SMILES string of the molecule is Cc1ccc(CNCc2csc(C(=O)O)n2)cn1. The first-order valence-corrected chi connectivity index (χ1v) is 6.33. The molecule has 0 atom stereocenters. The Morgan fingerprint density at radius 1 is 1.44 bits per heavy atom. The maximum Gasteiger partial charge on any atom is 0.365 e. The van der Waals surface area contributed by atoms with Gasteiger partial charge in [0.05, 0.1) is 5.69 Å². The fourth-order valence-electron chi connectivity index (χ4n) is 1.42. The number of carbonyl (C=O) groups is 1. The van der Waals surface area contributed by atoms with Gasteiger partial charge in [0, 0.05) is 30.4 Å². The molecule has 0 fully saturated rings.